The van der Waals surface area contributed by atoms with E-state index in [1.807, 2.05) is 6.07 Å². The Hall–Kier alpha value is -3.41. The summed E-state index contributed by atoms with van der Waals surface area (Å²) in [4.78, 5) is 28.5. The Labute approximate surface area is 135 Å². The molecule has 4 aromatic rings. The Morgan fingerprint density at radius 3 is 2.75 bits per heavy atom. The summed E-state index contributed by atoms with van der Waals surface area (Å²) >= 11 is 0. The summed E-state index contributed by atoms with van der Waals surface area (Å²) in [6.45, 7) is 0.293. The number of fused-ring (bicyclic) bond motifs is 3. The first kappa shape index (κ1) is 14.2. The zero-order chi connectivity index (χ0) is 16.7. The monoisotopic (exact) mass is 320 g/mol. The van der Waals surface area contributed by atoms with Gasteiger partial charge in [0.2, 0.25) is 0 Å². The van der Waals surface area contributed by atoms with Crippen molar-refractivity contribution in [3.05, 3.63) is 81.2 Å². The fourth-order valence-electron chi connectivity index (χ4n) is 2.85. The molecular formula is C18H12N2O4. The van der Waals surface area contributed by atoms with Crippen LogP contribution in [0, 0.1) is 0 Å². The van der Waals surface area contributed by atoms with E-state index in [0.717, 1.165) is 11.6 Å². The summed E-state index contributed by atoms with van der Waals surface area (Å²) in [6.07, 6.45) is 3.33. The van der Waals surface area contributed by atoms with Gasteiger partial charge in [0, 0.05) is 17.8 Å². The van der Waals surface area contributed by atoms with E-state index < -0.39 is 11.2 Å². The minimum atomic E-state index is -0.699. The molecule has 24 heavy (non-hydrogen) atoms. The Morgan fingerprint density at radius 2 is 1.96 bits per heavy atom. The van der Waals surface area contributed by atoms with Gasteiger partial charge in [0.1, 0.15) is 11.1 Å². The van der Waals surface area contributed by atoms with Crippen LogP contribution in [0.25, 0.3) is 21.9 Å². The molecule has 0 aliphatic rings. The van der Waals surface area contributed by atoms with Crippen molar-refractivity contribution >= 4 is 21.9 Å². The molecule has 0 atom stereocenters. The van der Waals surface area contributed by atoms with Crippen molar-refractivity contribution < 1.29 is 9.52 Å². The topological polar surface area (TPSA) is 85.3 Å². The summed E-state index contributed by atoms with van der Waals surface area (Å²) < 4.78 is 6.74. The quantitative estimate of drug-likeness (QED) is 0.573. The van der Waals surface area contributed by atoms with Crippen molar-refractivity contribution in [2.75, 3.05) is 0 Å². The highest BCUT2D eigenvalue weighted by atomic mass is 16.4. The van der Waals surface area contributed by atoms with E-state index in [2.05, 4.69) is 4.98 Å². The first-order chi connectivity index (χ1) is 11.6. The lowest BCUT2D eigenvalue weighted by Crippen LogP contribution is -2.22. The third-order valence-corrected chi connectivity index (χ3v) is 3.90. The Bertz CT molecular complexity index is 1180. The fourth-order valence-corrected chi connectivity index (χ4v) is 2.85. The van der Waals surface area contributed by atoms with E-state index in [-0.39, 0.29) is 16.7 Å². The molecule has 0 aliphatic heterocycles. The van der Waals surface area contributed by atoms with Gasteiger partial charge in [0.05, 0.1) is 18.1 Å². The second-order valence-corrected chi connectivity index (χ2v) is 5.42. The third kappa shape index (κ3) is 2.16. The molecule has 0 aliphatic carbocycles. The highest BCUT2D eigenvalue weighted by Gasteiger charge is 2.16. The van der Waals surface area contributed by atoms with E-state index in [0.29, 0.717) is 17.4 Å². The summed E-state index contributed by atoms with van der Waals surface area (Å²) in [5.41, 5.74) is 0.444. The first-order valence-electron chi connectivity index (χ1n) is 7.32. The second-order valence-electron chi connectivity index (χ2n) is 5.42. The molecule has 0 spiro atoms. The molecule has 0 saturated carbocycles. The normalized spacial score (nSPS) is 11.2. The number of rotatable bonds is 2. The smallest absolute Gasteiger partial charge is 0.339 e. The van der Waals surface area contributed by atoms with Crippen LogP contribution in [-0.2, 0) is 6.54 Å². The van der Waals surface area contributed by atoms with Gasteiger partial charge in [-0.15, -0.1) is 0 Å². The molecule has 0 unspecified atom stereocenters. The minimum Gasteiger partial charge on any atom is -0.507 e. The number of para-hydroxylation sites is 1. The number of hydrogen-bond donors (Lipinski definition) is 1. The Balaban J connectivity index is 2.14. The summed E-state index contributed by atoms with van der Waals surface area (Å²) in [7, 11) is 0. The van der Waals surface area contributed by atoms with Crippen molar-refractivity contribution in [3.8, 4) is 5.75 Å². The fraction of sp³-hybridized carbons (Fsp3) is 0.0556. The van der Waals surface area contributed by atoms with Crippen LogP contribution in [0.15, 0.2) is 68.9 Å². The van der Waals surface area contributed by atoms with Gasteiger partial charge in [0.15, 0.2) is 5.58 Å². The predicted molar refractivity (Wildman–Crippen MR) is 89.3 cm³/mol. The molecule has 4 rings (SSSR count). The summed E-state index contributed by atoms with van der Waals surface area (Å²) in [5, 5.41) is 10.7. The molecule has 0 saturated heterocycles. The van der Waals surface area contributed by atoms with Crippen LogP contribution in [-0.4, -0.2) is 14.7 Å². The van der Waals surface area contributed by atoms with Crippen molar-refractivity contribution in [1.29, 1.82) is 0 Å². The maximum Gasteiger partial charge on any atom is 0.339 e. The number of hydrogen-bond acceptors (Lipinski definition) is 5. The van der Waals surface area contributed by atoms with Crippen LogP contribution in [0.5, 0.6) is 5.75 Å². The summed E-state index contributed by atoms with van der Waals surface area (Å²) in [6, 6.07) is 11.7. The van der Waals surface area contributed by atoms with Gasteiger partial charge in [0.25, 0.3) is 5.56 Å². The van der Waals surface area contributed by atoms with E-state index in [9.17, 15) is 14.7 Å². The standard InChI is InChI=1S/C18H12N2O4/c21-14-8-15(22)24-17-12-5-1-2-6-13(12)20(18(23)16(14)17)10-11-4-3-7-19-9-11/h1-9,21H,10H2. The van der Waals surface area contributed by atoms with Crippen LogP contribution in [0.1, 0.15) is 5.56 Å². The van der Waals surface area contributed by atoms with E-state index in [1.165, 1.54) is 4.57 Å². The van der Waals surface area contributed by atoms with Crippen LogP contribution >= 0.6 is 0 Å². The van der Waals surface area contributed by atoms with Crippen molar-refractivity contribution in [1.82, 2.24) is 9.55 Å². The molecule has 3 aromatic heterocycles. The third-order valence-electron chi connectivity index (χ3n) is 3.90. The molecule has 0 amide bonds. The van der Waals surface area contributed by atoms with Crippen LogP contribution in [0.2, 0.25) is 0 Å². The van der Waals surface area contributed by atoms with E-state index in [4.69, 9.17) is 4.42 Å². The lowest BCUT2D eigenvalue weighted by molar-refractivity contribution is 0.467. The Kier molecular flexibility index (Phi) is 3.16. The van der Waals surface area contributed by atoms with E-state index >= 15 is 0 Å². The molecule has 0 radical (unpaired) electrons. The average molecular weight is 320 g/mol. The van der Waals surface area contributed by atoms with Gasteiger partial charge in [-0.3, -0.25) is 9.78 Å². The van der Waals surface area contributed by atoms with Gasteiger partial charge < -0.3 is 14.1 Å². The van der Waals surface area contributed by atoms with Crippen LogP contribution < -0.4 is 11.2 Å². The highest BCUT2D eigenvalue weighted by Crippen LogP contribution is 2.26. The molecule has 0 fully saturated rings. The highest BCUT2D eigenvalue weighted by molar-refractivity contribution is 6.03. The van der Waals surface area contributed by atoms with Gasteiger partial charge in [-0.25, -0.2) is 4.79 Å². The number of aromatic hydroxyl groups is 1. The van der Waals surface area contributed by atoms with Gasteiger partial charge in [-0.05, 0) is 23.8 Å². The largest absolute Gasteiger partial charge is 0.507 e. The molecule has 6 heteroatoms. The second kappa shape index (κ2) is 5.34. The molecular weight excluding hydrogens is 308 g/mol. The molecule has 6 nitrogen and oxygen atoms in total. The zero-order valence-electron chi connectivity index (χ0n) is 12.5. The number of pyridine rings is 2. The van der Waals surface area contributed by atoms with Gasteiger partial charge in [-0.1, -0.05) is 18.2 Å². The molecule has 118 valence electrons. The first-order valence-corrected chi connectivity index (χ1v) is 7.32. The van der Waals surface area contributed by atoms with Crippen molar-refractivity contribution in [2.45, 2.75) is 6.54 Å². The van der Waals surface area contributed by atoms with Crippen molar-refractivity contribution in [3.63, 3.8) is 0 Å². The lowest BCUT2D eigenvalue weighted by atomic mass is 10.1. The van der Waals surface area contributed by atoms with Crippen LogP contribution in [0.4, 0.5) is 0 Å². The van der Waals surface area contributed by atoms with E-state index in [1.54, 1.807) is 42.7 Å². The zero-order valence-corrected chi connectivity index (χ0v) is 12.5. The lowest BCUT2D eigenvalue weighted by Gasteiger charge is -2.12. The number of nitrogens with zero attached hydrogens (tertiary/aromatic N) is 2. The van der Waals surface area contributed by atoms with Gasteiger partial charge in [-0.2, -0.15) is 0 Å². The maximum absolute atomic E-state index is 12.9. The Morgan fingerprint density at radius 1 is 1.12 bits per heavy atom. The SMILES string of the molecule is O=c1cc(O)c2c(=O)n(Cc3cccnc3)c3ccccc3c2o1. The summed E-state index contributed by atoms with van der Waals surface area (Å²) in [5.74, 6) is -0.378. The number of benzene rings is 1. The average Bonchev–Trinajstić information content (AvgIpc) is 2.59. The van der Waals surface area contributed by atoms with Crippen LogP contribution in [0.3, 0.4) is 0 Å². The minimum absolute atomic E-state index is 0.00260. The molecule has 1 N–H and O–H groups in total. The number of aromatic nitrogens is 2. The predicted octanol–water partition coefficient (Wildman–Crippen LogP) is 2.26. The molecule has 0 bridgehead atoms. The molecule has 1 aromatic carbocycles. The van der Waals surface area contributed by atoms with Crippen molar-refractivity contribution in [2.24, 2.45) is 0 Å². The van der Waals surface area contributed by atoms with Gasteiger partial charge >= 0.3 is 5.63 Å². The maximum atomic E-state index is 12.9. The molecule has 3 heterocycles.